The third-order valence-corrected chi connectivity index (χ3v) is 2.43. The van der Waals surface area contributed by atoms with Crippen LogP contribution < -0.4 is 0 Å². The van der Waals surface area contributed by atoms with Crippen molar-refractivity contribution < 1.29 is 14.8 Å². The molecule has 18 heavy (non-hydrogen) atoms. The van der Waals surface area contributed by atoms with Crippen LogP contribution in [-0.4, -0.2) is 50.3 Å². The fourth-order valence-corrected chi connectivity index (χ4v) is 1.50. The summed E-state index contributed by atoms with van der Waals surface area (Å²) in [5.74, 6) is -0.454. The van der Waals surface area contributed by atoms with Crippen molar-refractivity contribution in [2.24, 2.45) is 0 Å². The highest BCUT2D eigenvalue weighted by Gasteiger charge is 2.16. The number of hydrogen-bond donors (Lipinski definition) is 1. The zero-order valence-corrected chi connectivity index (χ0v) is 10.2. The normalized spacial score (nSPS) is 10.3. The van der Waals surface area contributed by atoms with Gasteiger partial charge < -0.3 is 20.1 Å². The number of aliphatic hydroxyl groups excluding tert-OH is 1. The maximum absolute atomic E-state index is 11.8. The van der Waals surface area contributed by atoms with Gasteiger partial charge in [0.05, 0.1) is 17.4 Å². The second-order valence-electron chi connectivity index (χ2n) is 3.68. The Balaban J connectivity index is 2.58. The monoisotopic (exact) mass is 256 g/mol. The maximum atomic E-state index is 11.8. The molecule has 0 aliphatic rings. The van der Waals surface area contributed by atoms with Gasteiger partial charge in [-0.15, -0.1) is 0 Å². The van der Waals surface area contributed by atoms with Crippen molar-refractivity contribution in [1.82, 2.24) is 14.7 Å². The van der Waals surface area contributed by atoms with Gasteiger partial charge in [-0.3, -0.25) is 4.79 Å². The Kier molecular flexibility index (Phi) is 5.25. The van der Waals surface area contributed by atoms with Gasteiger partial charge in [0.1, 0.15) is 6.54 Å². The van der Waals surface area contributed by atoms with Gasteiger partial charge >= 0.3 is 5.82 Å². The summed E-state index contributed by atoms with van der Waals surface area (Å²) in [6, 6.07) is 1.25. The van der Waals surface area contributed by atoms with Crippen LogP contribution in [0.1, 0.15) is 13.3 Å². The number of rotatable bonds is 7. The highest BCUT2D eigenvalue weighted by atomic mass is 16.6. The van der Waals surface area contributed by atoms with Crippen molar-refractivity contribution in [1.29, 1.82) is 0 Å². The molecule has 1 amide bonds. The van der Waals surface area contributed by atoms with Crippen molar-refractivity contribution in [2.75, 3.05) is 19.7 Å². The van der Waals surface area contributed by atoms with Crippen LogP contribution in [0.4, 0.5) is 5.82 Å². The lowest BCUT2D eigenvalue weighted by Gasteiger charge is -2.19. The third kappa shape index (κ3) is 3.81. The van der Waals surface area contributed by atoms with Gasteiger partial charge in [0.2, 0.25) is 5.91 Å². The smallest absolute Gasteiger partial charge is 0.389 e. The van der Waals surface area contributed by atoms with Gasteiger partial charge in [-0.05, 0) is 18.3 Å². The molecule has 0 aliphatic heterocycles. The van der Waals surface area contributed by atoms with Crippen LogP contribution in [0.5, 0.6) is 0 Å². The van der Waals surface area contributed by atoms with Crippen LogP contribution in [0.2, 0.25) is 0 Å². The quantitative estimate of drug-likeness (QED) is 0.547. The molecular formula is C10H16N4O4. The summed E-state index contributed by atoms with van der Waals surface area (Å²) in [7, 11) is 0. The molecule has 8 heteroatoms. The minimum atomic E-state index is -0.607. The van der Waals surface area contributed by atoms with Crippen molar-refractivity contribution >= 4 is 11.7 Å². The lowest BCUT2D eigenvalue weighted by atomic mass is 10.3. The number of carbonyl (C=O) groups excluding carboxylic acids is 1. The van der Waals surface area contributed by atoms with E-state index < -0.39 is 4.92 Å². The first-order valence-corrected chi connectivity index (χ1v) is 5.65. The van der Waals surface area contributed by atoms with E-state index in [1.54, 1.807) is 4.90 Å². The predicted octanol–water partition coefficient (Wildman–Crippen LogP) is 0.0222. The van der Waals surface area contributed by atoms with E-state index in [0.29, 0.717) is 19.5 Å². The Morgan fingerprint density at radius 2 is 2.39 bits per heavy atom. The Hall–Kier alpha value is -1.96. The van der Waals surface area contributed by atoms with Crippen LogP contribution in [-0.2, 0) is 11.3 Å². The summed E-state index contributed by atoms with van der Waals surface area (Å²) in [4.78, 5) is 23.2. The van der Waals surface area contributed by atoms with Crippen LogP contribution in [0.25, 0.3) is 0 Å². The fourth-order valence-electron chi connectivity index (χ4n) is 1.50. The van der Waals surface area contributed by atoms with Crippen LogP contribution >= 0.6 is 0 Å². The number of nitro groups is 1. The number of hydrogen-bond acceptors (Lipinski definition) is 5. The van der Waals surface area contributed by atoms with Crippen molar-refractivity contribution in [3.8, 4) is 0 Å². The number of amides is 1. The number of nitrogens with zero attached hydrogens (tertiary/aromatic N) is 4. The first-order valence-electron chi connectivity index (χ1n) is 5.65. The van der Waals surface area contributed by atoms with E-state index in [1.807, 2.05) is 6.92 Å². The van der Waals surface area contributed by atoms with E-state index in [2.05, 4.69) is 5.10 Å². The molecule has 1 rings (SSSR count). The predicted molar refractivity (Wildman–Crippen MR) is 62.8 cm³/mol. The molecule has 0 aromatic carbocycles. The number of aliphatic hydroxyl groups is 1. The zero-order chi connectivity index (χ0) is 13.5. The molecule has 0 unspecified atom stereocenters. The minimum absolute atomic E-state index is 0.0248. The first kappa shape index (κ1) is 14.1. The van der Waals surface area contributed by atoms with Gasteiger partial charge in [0, 0.05) is 19.7 Å². The van der Waals surface area contributed by atoms with Crippen LogP contribution in [0.3, 0.4) is 0 Å². The highest BCUT2D eigenvalue weighted by molar-refractivity contribution is 5.75. The summed E-state index contributed by atoms with van der Waals surface area (Å²) in [5.41, 5.74) is 0. The largest absolute Gasteiger partial charge is 0.396 e. The van der Waals surface area contributed by atoms with Gasteiger partial charge in [-0.2, -0.15) is 4.68 Å². The van der Waals surface area contributed by atoms with E-state index in [0.717, 1.165) is 0 Å². The van der Waals surface area contributed by atoms with Gasteiger partial charge in [0.15, 0.2) is 0 Å². The second-order valence-corrected chi connectivity index (χ2v) is 3.68. The average Bonchev–Trinajstić information content (AvgIpc) is 2.78. The molecular weight excluding hydrogens is 240 g/mol. The molecule has 1 aromatic rings. The minimum Gasteiger partial charge on any atom is -0.396 e. The van der Waals surface area contributed by atoms with Crippen molar-refractivity contribution in [2.45, 2.75) is 19.9 Å². The van der Waals surface area contributed by atoms with Crippen LogP contribution in [0, 0.1) is 10.1 Å². The lowest BCUT2D eigenvalue weighted by Crippen LogP contribution is -2.35. The Morgan fingerprint density at radius 3 is 2.89 bits per heavy atom. The SMILES string of the molecule is CCN(CCCO)C(=O)Cn1ccc([N+](=O)[O-])n1. The summed E-state index contributed by atoms with van der Waals surface area (Å²) in [5, 5.41) is 22.8. The molecule has 0 atom stereocenters. The van der Waals surface area contributed by atoms with Crippen molar-refractivity contribution in [3.05, 3.63) is 22.4 Å². The summed E-state index contributed by atoms with van der Waals surface area (Å²) in [6.45, 7) is 2.82. The van der Waals surface area contributed by atoms with E-state index in [9.17, 15) is 14.9 Å². The highest BCUT2D eigenvalue weighted by Crippen LogP contribution is 2.05. The van der Waals surface area contributed by atoms with Gasteiger partial charge in [-0.25, -0.2) is 0 Å². The lowest BCUT2D eigenvalue weighted by molar-refractivity contribution is -0.389. The zero-order valence-electron chi connectivity index (χ0n) is 10.2. The second kappa shape index (κ2) is 6.70. The third-order valence-electron chi connectivity index (χ3n) is 2.43. The number of carbonyl (C=O) groups is 1. The van der Waals surface area contributed by atoms with E-state index >= 15 is 0 Å². The maximum Gasteiger partial charge on any atom is 0.389 e. The van der Waals surface area contributed by atoms with Crippen LogP contribution in [0.15, 0.2) is 12.3 Å². The van der Waals surface area contributed by atoms with Crippen molar-refractivity contribution in [3.63, 3.8) is 0 Å². The standard InChI is InChI=1S/C10H16N4O4/c1-2-12(5-3-7-15)10(16)8-13-6-4-9(11-13)14(17)18/h4,6,15H,2-3,5,7-8H2,1H3. The Labute approximate surface area is 104 Å². The molecule has 1 N–H and O–H groups in total. The molecule has 0 bridgehead atoms. The fraction of sp³-hybridized carbons (Fsp3) is 0.600. The van der Waals surface area contributed by atoms with E-state index in [4.69, 9.17) is 5.11 Å². The molecule has 1 heterocycles. The molecule has 0 radical (unpaired) electrons. The molecule has 0 saturated heterocycles. The molecule has 0 spiro atoms. The van der Waals surface area contributed by atoms with E-state index in [1.165, 1.54) is 16.9 Å². The number of aromatic nitrogens is 2. The van der Waals surface area contributed by atoms with Gasteiger partial charge in [-0.1, -0.05) is 0 Å². The molecule has 100 valence electrons. The number of likely N-dealkylation sites (N-methyl/N-ethyl adjacent to an activating group) is 1. The molecule has 0 fully saturated rings. The summed E-state index contributed by atoms with van der Waals surface area (Å²) >= 11 is 0. The molecule has 0 saturated carbocycles. The Bertz CT molecular complexity index is 418. The molecule has 8 nitrogen and oxygen atoms in total. The average molecular weight is 256 g/mol. The topological polar surface area (TPSA) is 102 Å². The summed E-state index contributed by atoms with van der Waals surface area (Å²) < 4.78 is 1.24. The first-order chi connectivity index (χ1) is 8.58. The molecule has 0 aliphatic carbocycles. The van der Waals surface area contributed by atoms with E-state index in [-0.39, 0.29) is 24.9 Å². The Morgan fingerprint density at radius 1 is 1.67 bits per heavy atom. The summed E-state index contributed by atoms with van der Waals surface area (Å²) in [6.07, 6.45) is 1.91. The molecule has 1 aromatic heterocycles. The van der Waals surface area contributed by atoms with Gasteiger partial charge in [0.25, 0.3) is 0 Å².